The zero-order valence-electron chi connectivity index (χ0n) is 15.4. The van der Waals surface area contributed by atoms with Gasteiger partial charge in [-0.15, -0.1) is 0 Å². The molecule has 1 aromatic rings. The number of nitrogens with one attached hydrogen (secondary N) is 2. The topological polar surface area (TPSA) is 78.5 Å². The number of anilines is 2. The second-order valence-corrected chi connectivity index (χ2v) is 7.42. The minimum absolute atomic E-state index is 0.0124. The van der Waals surface area contributed by atoms with Crippen LogP contribution in [0.5, 0.6) is 0 Å². The van der Waals surface area contributed by atoms with E-state index in [1.54, 1.807) is 11.8 Å². The van der Waals surface area contributed by atoms with Crippen molar-refractivity contribution in [3.63, 3.8) is 0 Å². The van der Waals surface area contributed by atoms with E-state index in [2.05, 4.69) is 10.6 Å². The van der Waals surface area contributed by atoms with Crippen LogP contribution in [0.2, 0.25) is 0 Å². The van der Waals surface area contributed by atoms with E-state index in [4.69, 9.17) is 0 Å². The maximum atomic E-state index is 12.0. The molecule has 2 rings (SSSR count). The van der Waals surface area contributed by atoms with Gasteiger partial charge in [-0.2, -0.15) is 0 Å². The van der Waals surface area contributed by atoms with Gasteiger partial charge in [-0.25, -0.2) is 0 Å². The Kier molecular flexibility index (Phi) is 5.82. The Balaban J connectivity index is 1.80. The molecular formula is C19H27N3O3. The monoisotopic (exact) mass is 345 g/mol. The van der Waals surface area contributed by atoms with Gasteiger partial charge in [0.2, 0.25) is 17.7 Å². The molecule has 0 radical (unpaired) electrons. The Labute approximate surface area is 149 Å². The van der Waals surface area contributed by atoms with Gasteiger partial charge >= 0.3 is 0 Å². The van der Waals surface area contributed by atoms with E-state index in [-0.39, 0.29) is 17.7 Å². The smallest absolute Gasteiger partial charge is 0.225 e. The molecule has 2 N–H and O–H groups in total. The van der Waals surface area contributed by atoms with Gasteiger partial charge in [0.25, 0.3) is 0 Å². The lowest BCUT2D eigenvalue weighted by atomic mass is 9.96. The summed E-state index contributed by atoms with van der Waals surface area (Å²) in [5, 5.41) is 5.71. The average Bonchev–Trinajstić information content (AvgIpc) is 2.93. The van der Waals surface area contributed by atoms with E-state index in [1.807, 2.05) is 39.0 Å². The van der Waals surface area contributed by atoms with Crippen molar-refractivity contribution >= 4 is 29.1 Å². The zero-order valence-corrected chi connectivity index (χ0v) is 15.4. The fourth-order valence-corrected chi connectivity index (χ4v) is 2.75. The van der Waals surface area contributed by atoms with E-state index < -0.39 is 5.41 Å². The summed E-state index contributed by atoms with van der Waals surface area (Å²) in [6.07, 6.45) is 1.75. The van der Waals surface area contributed by atoms with Crippen LogP contribution in [0.1, 0.15) is 46.1 Å². The summed E-state index contributed by atoms with van der Waals surface area (Å²) < 4.78 is 0. The highest BCUT2D eigenvalue weighted by Gasteiger charge is 2.22. The molecule has 1 aromatic carbocycles. The minimum Gasteiger partial charge on any atom is -0.356 e. The van der Waals surface area contributed by atoms with Crippen LogP contribution in [0.3, 0.4) is 0 Å². The summed E-state index contributed by atoms with van der Waals surface area (Å²) >= 11 is 0. The van der Waals surface area contributed by atoms with Crippen molar-refractivity contribution in [3.8, 4) is 0 Å². The predicted octanol–water partition coefficient (Wildman–Crippen LogP) is 2.48. The van der Waals surface area contributed by atoms with Crippen molar-refractivity contribution in [2.45, 2.75) is 47.0 Å². The summed E-state index contributed by atoms with van der Waals surface area (Å²) in [7, 11) is 0. The molecule has 0 fully saturated rings. The van der Waals surface area contributed by atoms with Crippen LogP contribution in [0.15, 0.2) is 18.2 Å². The predicted molar refractivity (Wildman–Crippen MR) is 98.5 cm³/mol. The van der Waals surface area contributed by atoms with Gasteiger partial charge < -0.3 is 15.5 Å². The Morgan fingerprint density at radius 1 is 1.20 bits per heavy atom. The number of benzene rings is 1. The highest BCUT2D eigenvalue weighted by Crippen LogP contribution is 2.30. The quantitative estimate of drug-likeness (QED) is 0.805. The summed E-state index contributed by atoms with van der Waals surface area (Å²) in [6.45, 7) is 8.31. The summed E-state index contributed by atoms with van der Waals surface area (Å²) in [5.41, 5.74) is 2.33. The standard InChI is InChI=1S/C19H27N3O3/c1-13(23)22-11-9-14-12-15(7-8-16(14)22)21-17(24)6-5-10-20-18(25)19(2,3)4/h7-8,12H,5-6,9-11H2,1-4H3,(H,20,25)(H,21,24). The third kappa shape index (κ3) is 5.05. The number of hydrogen-bond acceptors (Lipinski definition) is 3. The molecule has 1 aliphatic rings. The molecule has 0 saturated carbocycles. The lowest BCUT2D eigenvalue weighted by molar-refractivity contribution is -0.128. The van der Waals surface area contributed by atoms with Gasteiger partial charge in [0.1, 0.15) is 0 Å². The molecule has 1 aliphatic heterocycles. The van der Waals surface area contributed by atoms with E-state index in [0.29, 0.717) is 25.9 Å². The van der Waals surface area contributed by atoms with Crippen molar-refractivity contribution in [2.75, 3.05) is 23.3 Å². The summed E-state index contributed by atoms with van der Waals surface area (Å²) in [4.78, 5) is 37.1. The van der Waals surface area contributed by atoms with Crippen LogP contribution in [-0.2, 0) is 20.8 Å². The summed E-state index contributed by atoms with van der Waals surface area (Å²) in [5.74, 6) is -0.0548. The molecule has 0 bridgehead atoms. The van der Waals surface area contributed by atoms with Gasteiger partial charge in [-0.05, 0) is 36.6 Å². The lowest BCUT2D eigenvalue weighted by Crippen LogP contribution is -2.35. The van der Waals surface area contributed by atoms with Crippen molar-refractivity contribution in [2.24, 2.45) is 5.41 Å². The molecule has 25 heavy (non-hydrogen) atoms. The lowest BCUT2D eigenvalue weighted by Gasteiger charge is -2.17. The fraction of sp³-hybridized carbons (Fsp3) is 0.526. The number of carbonyl (C=O) groups is 3. The average molecular weight is 345 g/mol. The minimum atomic E-state index is -0.416. The molecule has 1 heterocycles. The number of hydrogen-bond donors (Lipinski definition) is 2. The Morgan fingerprint density at radius 2 is 1.92 bits per heavy atom. The second kappa shape index (κ2) is 7.68. The third-order valence-electron chi connectivity index (χ3n) is 4.19. The van der Waals surface area contributed by atoms with E-state index in [0.717, 1.165) is 23.4 Å². The van der Waals surface area contributed by atoms with Crippen LogP contribution in [0, 0.1) is 5.41 Å². The molecule has 6 nitrogen and oxygen atoms in total. The normalized spacial score (nSPS) is 13.4. The first-order chi connectivity index (χ1) is 11.7. The van der Waals surface area contributed by atoms with E-state index in [9.17, 15) is 14.4 Å². The number of fused-ring (bicyclic) bond motifs is 1. The van der Waals surface area contributed by atoms with E-state index >= 15 is 0 Å². The fourth-order valence-electron chi connectivity index (χ4n) is 2.75. The molecule has 0 saturated heterocycles. The molecule has 0 spiro atoms. The molecule has 0 aromatic heterocycles. The molecule has 0 aliphatic carbocycles. The molecule has 0 atom stereocenters. The molecular weight excluding hydrogens is 318 g/mol. The van der Waals surface area contributed by atoms with Gasteiger partial charge in [-0.1, -0.05) is 20.8 Å². The number of carbonyl (C=O) groups excluding carboxylic acids is 3. The second-order valence-electron chi connectivity index (χ2n) is 7.42. The largest absolute Gasteiger partial charge is 0.356 e. The molecule has 3 amide bonds. The summed E-state index contributed by atoms with van der Waals surface area (Å²) in [6, 6.07) is 5.62. The van der Waals surface area contributed by atoms with Gasteiger partial charge in [0, 0.05) is 43.2 Å². The maximum absolute atomic E-state index is 12.0. The Hall–Kier alpha value is -2.37. The number of rotatable bonds is 5. The first-order valence-electron chi connectivity index (χ1n) is 8.67. The third-order valence-corrected chi connectivity index (χ3v) is 4.19. The van der Waals surface area contributed by atoms with Gasteiger partial charge in [0.05, 0.1) is 0 Å². The molecule has 0 unspecified atom stereocenters. The van der Waals surface area contributed by atoms with Crippen LogP contribution < -0.4 is 15.5 Å². The van der Waals surface area contributed by atoms with E-state index in [1.165, 1.54) is 0 Å². The molecule has 6 heteroatoms. The first-order valence-corrected chi connectivity index (χ1v) is 8.67. The van der Waals surface area contributed by atoms with Crippen molar-refractivity contribution in [1.82, 2.24) is 5.32 Å². The maximum Gasteiger partial charge on any atom is 0.225 e. The van der Waals surface area contributed by atoms with Crippen molar-refractivity contribution < 1.29 is 14.4 Å². The Morgan fingerprint density at radius 3 is 2.56 bits per heavy atom. The van der Waals surface area contributed by atoms with Crippen LogP contribution in [0.25, 0.3) is 0 Å². The van der Waals surface area contributed by atoms with Crippen molar-refractivity contribution in [3.05, 3.63) is 23.8 Å². The highest BCUT2D eigenvalue weighted by atomic mass is 16.2. The van der Waals surface area contributed by atoms with Crippen molar-refractivity contribution in [1.29, 1.82) is 0 Å². The van der Waals surface area contributed by atoms with Crippen LogP contribution >= 0.6 is 0 Å². The first kappa shape index (κ1) is 19.0. The zero-order chi connectivity index (χ0) is 18.6. The number of nitrogens with zero attached hydrogens (tertiary/aromatic N) is 1. The van der Waals surface area contributed by atoms with Gasteiger partial charge in [0.15, 0.2) is 0 Å². The van der Waals surface area contributed by atoms with Gasteiger partial charge in [-0.3, -0.25) is 14.4 Å². The Bertz CT molecular complexity index is 677. The highest BCUT2D eigenvalue weighted by molar-refractivity contribution is 5.95. The number of amides is 3. The molecule has 136 valence electrons. The SMILES string of the molecule is CC(=O)N1CCc2cc(NC(=O)CCCNC(=O)C(C)(C)C)ccc21. The van der Waals surface area contributed by atoms with Crippen LogP contribution in [0.4, 0.5) is 11.4 Å². The van der Waals surface area contributed by atoms with Crippen LogP contribution in [-0.4, -0.2) is 30.8 Å².